The van der Waals surface area contributed by atoms with Gasteiger partial charge in [0.25, 0.3) is 0 Å². The summed E-state index contributed by atoms with van der Waals surface area (Å²) in [5, 5.41) is 11.2. The van der Waals surface area contributed by atoms with Crippen molar-refractivity contribution in [1.82, 2.24) is 10.2 Å². The number of hydrogen-bond acceptors (Lipinski definition) is 8. The molecular formula is C30H25F5N6O3S2. The number of rotatable bonds is 7. The fourth-order valence-electron chi connectivity index (χ4n) is 4.48. The van der Waals surface area contributed by atoms with Gasteiger partial charge in [0.1, 0.15) is 27.4 Å². The van der Waals surface area contributed by atoms with Gasteiger partial charge in [0.05, 0.1) is 22.8 Å². The molecule has 1 fully saturated rings. The Morgan fingerprint density at radius 3 is 2.26 bits per heavy atom. The van der Waals surface area contributed by atoms with Crippen LogP contribution in [-0.4, -0.2) is 53.5 Å². The van der Waals surface area contributed by atoms with Crippen molar-refractivity contribution in [3.63, 3.8) is 0 Å². The van der Waals surface area contributed by atoms with Gasteiger partial charge in [-0.25, -0.2) is 13.6 Å². The number of aromatic nitrogens is 2. The van der Waals surface area contributed by atoms with Crippen molar-refractivity contribution < 1.29 is 36.3 Å². The van der Waals surface area contributed by atoms with Crippen LogP contribution in [-0.2, 0) is 4.79 Å². The molecule has 1 N–H and O–H groups in total. The molecule has 9 nitrogen and oxygen atoms in total. The number of nitrogens with zero attached hydrogens (tertiary/aromatic N) is 5. The normalized spacial score (nSPS) is 14.3. The Morgan fingerprint density at radius 1 is 1.00 bits per heavy atom. The zero-order valence-electron chi connectivity index (χ0n) is 24.6. The van der Waals surface area contributed by atoms with E-state index in [1.54, 1.807) is 19.0 Å². The Bertz CT molecular complexity index is 1830. The summed E-state index contributed by atoms with van der Waals surface area (Å²) in [6.07, 6.45) is -4.81. The Labute approximate surface area is 268 Å². The van der Waals surface area contributed by atoms with Gasteiger partial charge in [-0.2, -0.15) is 4.99 Å². The number of amidine groups is 1. The number of anilines is 3. The summed E-state index contributed by atoms with van der Waals surface area (Å²) < 4.78 is 71.0. The van der Waals surface area contributed by atoms with Crippen molar-refractivity contribution in [2.24, 2.45) is 4.99 Å². The minimum absolute atomic E-state index is 0.0106. The first-order valence-electron chi connectivity index (χ1n) is 13.6. The average molecular weight is 677 g/mol. The molecule has 240 valence electrons. The van der Waals surface area contributed by atoms with Gasteiger partial charge >= 0.3 is 12.4 Å². The number of amides is 3. The number of hydrogen-bond donors (Lipinski definition) is 1. The molecular weight excluding hydrogens is 651 g/mol. The minimum Gasteiger partial charge on any atom is -0.406 e. The summed E-state index contributed by atoms with van der Waals surface area (Å²) >= 11 is 2.12. The second-order valence-corrected chi connectivity index (χ2v) is 12.4. The third-order valence-corrected chi connectivity index (χ3v) is 8.57. The highest BCUT2D eigenvalue weighted by atomic mass is 32.2. The number of aliphatic imine (C=N–C) groups is 1. The highest BCUT2D eigenvalue weighted by Crippen LogP contribution is 2.38. The summed E-state index contributed by atoms with van der Waals surface area (Å²) in [5.41, 5.74) is 1.87. The highest BCUT2D eigenvalue weighted by molar-refractivity contribution is 8.15. The van der Waals surface area contributed by atoms with E-state index >= 15 is 4.39 Å². The molecule has 16 heteroatoms. The van der Waals surface area contributed by atoms with E-state index in [0.29, 0.717) is 32.4 Å². The zero-order valence-corrected chi connectivity index (χ0v) is 26.3. The Morgan fingerprint density at radius 2 is 1.65 bits per heavy atom. The van der Waals surface area contributed by atoms with Crippen molar-refractivity contribution in [2.75, 3.05) is 35.0 Å². The van der Waals surface area contributed by atoms with Crippen molar-refractivity contribution >= 4 is 57.3 Å². The molecule has 0 spiro atoms. The van der Waals surface area contributed by atoms with Crippen molar-refractivity contribution in [3.05, 3.63) is 71.8 Å². The lowest BCUT2D eigenvalue weighted by atomic mass is 9.99. The maximum Gasteiger partial charge on any atom is 0.573 e. The van der Waals surface area contributed by atoms with E-state index in [1.165, 1.54) is 41.3 Å². The fourth-order valence-corrected chi connectivity index (χ4v) is 6.19. The number of thioether (sulfide) groups is 1. The first kappa shape index (κ1) is 32.8. The monoisotopic (exact) mass is 676 g/mol. The molecule has 4 aromatic rings. The lowest BCUT2D eigenvalue weighted by molar-refractivity contribution is -0.274. The van der Waals surface area contributed by atoms with Crippen LogP contribution in [0.15, 0.2) is 59.6 Å². The molecule has 3 amide bonds. The van der Waals surface area contributed by atoms with Gasteiger partial charge < -0.3 is 15.0 Å². The molecule has 3 aromatic carbocycles. The number of ether oxygens (including phenoxy) is 1. The molecule has 0 saturated carbocycles. The summed E-state index contributed by atoms with van der Waals surface area (Å²) in [7, 11) is 3.34. The minimum atomic E-state index is -4.81. The molecule has 1 aromatic heterocycles. The van der Waals surface area contributed by atoms with E-state index in [-0.39, 0.29) is 39.9 Å². The third-order valence-electron chi connectivity index (χ3n) is 6.62. The van der Waals surface area contributed by atoms with Crippen LogP contribution in [0.4, 0.5) is 43.8 Å². The number of urea groups is 1. The lowest BCUT2D eigenvalue weighted by Gasteiger charge is -2.24. The van der Waals surface area contributed by atoms with E-state index in [0.717, 1.165) is 41.3 Å². The molecule has 1 aliphatic rings. The van der Waals surface area contributed by atoms with Crippen LogP contribution in [0.5, 0.6) is 5.75 Å². The van der Waals surface area contributed by atoms with Crippen LogP contribution in [0.2, 0.25) is 0 Å². The Balaban J connectivity index is 1.33. The number of halogens is 5. The molecule has 0 aliphatic carbocycles. The van der Waals surface area contributed by atoms with Crippen LogP contribution in [0.25, 0.3) is 21.1 Å². The Hall–Kier alpha value is -4.57. The molecule has 0 radical (unpaired) electrons. The fraction of sp³-hybridized carbons (Fsp3) is 0.233. The van der Waals surface area contributed by atoms with Gasteiger partial charge in [0.2, 0.25) is 5.91 Å². The van der Waals surface area contributed by atoms with Crippen LogP contribution in [0, 0.1) is 11.6 Å². The van der Waals surface area contributed by atoms with Gasteiger partial charge in [-0.3, -0.25) is 9.69 Å². The molecule has 0 bridgehead atoms. The number of benzene rings is 3. The first-order valence-corrected chi connectivity index (χ1v) is 15.4. The lowest BCUT2D eigenvalue weighted by Crippen LogP contribution is -2.31. The predicted octanol–water partition coefficient (Wildman–Crippen LogP) is 7.91. The standard InChI is InChI=1S/C30H25F5N6O3S2/c1-15(2)19-12-21(32)24(40(3)4)13-23(19)41-25(42)14-45-29(41)37-28(43)36-22-10-7-17(11-20(22)31)27-39-38-26(46-27)16-5-8-18(9-6-16)44-30(33,34)35/h5-13,15H,14H2,1-4H3,(H,36,43)/b37-29-. The third kappa shape index (κ3) is 7.28. The van der Waals surface area contributed by atoms with E-state index < -0.39 is 24.0 Å². The second-order valence-electron chi connectivity index (χ2n) is 10.4. The van der Waals surface area contributed by atoms with Gasteiger partial charge in [-0.15, -0.1) is 23.4 Å². The zero-order chi connectivity index (χ0) is 33.3. The largest absolute Gasteiger partial charge is 0.573 e. The van der Waals surface area contributed by atoms with Gasteiger partial charge in [0.15, 0.2) is 5.17 Å². The maximum atomic E-state index is 15.1. The van der Waals surface area contributed by atoms with Crippen LogP contribution in [0.1, 0.15) is 25.3 Å². The summed E-state index contributed by atoms with van der Waals surface area (Å²) in [6, 6.07) is 11.0. The van der Waals surface area contributed by atoms with Crippen molar-refractivity contribution in [3.8, 4) is 26.9 Å². The second kappa shape index (κ2) is 13.0. The molecule has 5 rings (SSSR count). The average Bonchev–Trinajstić information content (AvgIpc) is 3.60. The van der Waals surface area contributed by atoms with Crippen molar-refractivity contribution in [2.45, 2.75) is 26.1 Å². The highest BCUT2D eigenvalue weighted by Gasteiger charge is 2.34. The number of carbonyl (C=O) groups is 2. The molecule has 0 unspecified atom stereocenters. The molecule has 46 heavy (non-hydrogen) atoms. The summed E-state index contributed by atoms with van der Waals surface area (Å²) in [4.78, 5) is 32.7. The smallest absolute Gasteiger partial charge is 0.406 e. The van der Waals surface area contributed by atoms with E-state index in [1.807, 2.05) is 13.8 Å². The van der Waals surface area contributed by atoms with Gasteiger partial charge in [-0.05, 0) is 66.1 Å². The molecule has 1 saturated heterocycles. The van der Waals surface area contributed by atoms with Crippen molar-refractivity contribution in [1.29, 1.82) is 0 Å². The summed E-state index contributed by atoms with van der Waals surface area (Å²) in [6.45, 7) is 3.71. The van der Waals surface area contributed by atoms with E-state index in [2.05, 4.69) is 25.2 Å². The number of carbonyl (C=O) groups excluding carboxylic acids is 2. The quantitative estimate of drug-likeness (QED) is 0.199. The maximum absolute atomic E-state index is 15.1. The van der Waals surface area contributed by atoms with E-state index in [9.17, 15) is 27.2 Å². The number of alkyl halides is 3. The van der Waals surface area contributed by atoms with Crippen LogP contribution < -0.4 is 19.9 Å². The van der Waals surface area contributed by atoms with Gasteiger partial charge in [0, 0.05) is 25.2 Å². The SMILES string of the molecule is CC(C)c1cc(F)c(N(C)C)cc1N1C(=O)CS/C1=N\C(=O)Nc1ccc(-c2nnc(-c3ccc(OC(F)(F)F)cc3)s2)cc1F. The molecule has 1 aliphatic heterocycles. The Kier molecular flexibility index (Phi) is 9.30. The van der Waals surface area contributed by atoms with Crippen LogP contribution in [0.3, 0.4) is 0 Å². The number of nitrogens with one attached hydrogen (secondary N) is 1. The summed E-state index contributed by atoms with van der Waals surface area (Å²) in [5.74, 6) is -2.11. The van der Waals surface area contributed by atoms with Crippen LogP contribution >= 0.6 is 23.1 Å². The predicted molar refractivity (Wildman–Crippen MR) is 169 cm³/mol. The molecule has 0 atom stereocenters. The topological polar surface area (TPSA) is 100 Å². The van der Waals surface area contributed by atoms with E-state index in [4.69, 9.17) is 0 Å². The van der Waals surface area contributed by atoms with Gasteiger partial charge in [-0.1, -0.05) is 36.9 Å². The molecule has 2 heterocycles. The first-order chi connectivity index (χ1) is 21.7.